The van der Waals surface area contributed by atoms with Crippen LogP contribution in [0.15, 0.2) is 30.9 Å². The lowest BCUT2D eigenvalue weighted by Crippen LogP contribution is -2.45. The molecule has 1 aromatic heterocycles. The number of aliphatic hydroxyl groups is 1. The maximum absolute atomic E-state index is 9.54. The Kier molecular flexibility index (Phi) is 5.09. The largest absolute Gasteiger partial charge is 0.394 e. The van der Waals surface area contributed by atoms with Crippen LogP contribution in [0, 0.1) is 6.92 Å². The molecule has 2 N–H and O–H groups in total. The predicted molar refractivity (Wildman–Crippen MR) is 83.3 cm³/mol. The summed E-state index contributed by atoms with van der Waals surface area (Å²) in [4.78, 5) is 3.97. The van der Waals surface area contributed by atoms with Gasteiger partial charge in [-0.3, -0.25) is 0 Å². The minimum atomic E-state index is -0.215. The molecule has 0 bridgehead atoms. The molecule has 0 aliphatic rings. The van der Waals surface area contributed by atoms with Crippen molar-refractivity contribution in [1.82, 2.24) is 20.1 Å². The van der Waals surface area contributed by atoms with Crippen LogP contribution in [0.1, 0.15) is 37.8 Å². The van der Waals surface area contributed by atoms with Gasteiger partial charge in [-0.2, -0.15) is 5.10 Å². The summed E-state index contributed by atoms with van der Waals surface area (Å²) in [7, 11) is 0. The Hall–Kier alpha value is -1.72. The highest BCUT2D eigenvalue weighted by molar-refractivity contribution is 5.41. The standard InChI is InChI=1S/C16H24N4O/c1-4-7-16(3,10-21)18-9-14-5-6-15(13(2)8-14)20-12-17-11-19-20/h5-6,8,11-12,18,21H,4,7,9-10H2,1-3H3/t16-/m0/s1. The predicted octanol–water partition coefficient (Wildman–Crippen LogP) is 2.22. The van der Waals surface area contributed by atoms with E-state index in [0.29, 0.717) is 0 Å². The molecule has 0 amide bonds. The Labute approximate surface area is 126 Å². The van der Waals surface area contributed by atoms with Crippen LogP contribution in [0.5, 0.6) is 0 Å². The van der Waals surface area contributed by atoms with E-state index in [0.717, 1.165) is 30.6 Å². The zero-order valence-corrected chi connectivity index (χ0v) is 13.0. The topological polar surface area (TPSA) is 63.0 Å². The smallest absolute Gasteiger partial charge is 0.138 e. The molecular formula is C16H24N4O. The summed E-state index contributed by atoms with van der Waals surface area (Å²) in [5, 5.41) is 17.2. The van der Waals surface area contributed by atoms with Crippen LogP contribution in [0.4, 0.5) is 0 Å². The molecule has 5 nitrogen and oxygen atoms in total. The number of aliphatic hydroxyl groups excluding tert-OH is 1. The third-order valence-corrected chi connectivity index (χ3v) is 3.80. The van der Waals surface area contributed by atoms with E-state index in [1.54, 1.807) is 11.0 Å². The highest BCUT2D eigenvalue weighted by Gasteiger charge is 2.21. The van der Waals surface area contributed by atoms with E-state index in [9.17, 15) is 5.11 Å². The second-order valence-corrected chi connectivity index (χ2v) is 5.78. The highest BCUT2D eigenvalue weighted by Crippen LogP contribution is 2.17. The molecule has 1 atom stereocenters. The maximum atomic E-state index is 9.54. The number of nitrogens with zero attached hydrogens (tertiary/aromatic N) is 3. The lowest BCUT2D eigenvalue weighted by Gasteiger charge is -2.28. The molecule has 2 aromatic rings. The molecule has 0 unspecified atom stereocenters. The summed E-state index contributed by atoms with van der Waals surface area (Å²) in [6.45, 7) is 7.16. The van der Waals surface area contributed by atoms with Crippen molar-refractivity contribution in [3.63, 3.8) is 0 Å². The van der Waals surface area contributed by atoms with Crippen LogP contribution in [-0.4, -0.2) is 32.0 Å². The first-order valence-electron chi connectivity index (χ1n) is 7.38. The summed E-state index contributed by atoms with van der Waals surface area (Å²) >= 11 is 0. The van der Waals surface area contributed by atoms with Crippen molar-refractivity contribution in [1.29, 1.82) is 0 Å². The second kappa shape index (κ2) is 6.83. The number of benzene rings is 1. The molecule has 0 saturated heterocycles. The van der Waals surface area contributed by atoms with E-state index in [-0.39, 0.29) is 12.1 Å². The number of hydrogen-bond donors (Lipinski definition) is 2. The summed E-state index contributed by atoms with van der Waals surface area (Å²) in [5.74, 6) is 0. The van der Waals surface area contributed by atoms with E-state index in [4.69, 9.17) is 0 Å². The van der Waals surface area contributed by atoms with Gasteiger partial charge in [0.2, 0.25) is 0 Å². The Morgan fingerprint density at radius 1 is 1.38 bits per heavy atom. The van der Waals surface area contributed by atoms with Crippen LogP contribution in [0.2, 0.25) is 0 Å². The third-order valence-electron chi connectivity index (χ3n) is 3.80. The van der Waals surface area contributed by atoms with Gasteiger partial charge < -0.3 is 10.4 Å². The van der Waals surface area contributed by atoms with Crippen LogP contribution >= 0.6 is 0 Å². The molecule has 0 fully saturated rings. The lowest BCUT2D eigenvalue weighted by molar-refractivity contribution is 0.163. The molecular weight excluding hydrogens is 264 g/mol. The van der Waals surface area contributed by atoms with E-state index in [1.165, 1.54) is 11.9 Å². The minimum Gasteiger partial charge on any atom is -0.394 e. The van der Waals surface area contributed by atoms with Crippen molar-refractivity contribution in [2.75, 3.05) is 6.61 Å². The van der Waals surface area contributed by atoms with Gasteiger partial charge in [0.15, 0.2) is 0 Å². The number of rotatable bonds is 7. The molecule has 1 heterocycles. The number of hydrogen-bond acceptors (Lipinski definition) is 4. The Morgan fingerprint density at radius 3 is 2.76 bits per heavy atom. The molecule has 0 aliphatic heterocycles. The monoisotopic (exact) mass is 288 g/mol. The van der Waals surface area contributed by atoms with Gasteiger partial charge in [0, 0.05) is 12.1 Å². The van der Waals surface area contributed by atoms with E-state index in [2.05, 4.69) is 54.4 Å². The van der Waals surface area contributed by atoms with E-state index < -0.39 is 0 Å². The van der Waals surface area contributed by atoms with Gasteiger partial charge in [0.05, 0.1) is 12.3 Å². The Bertz CT molecular complexity index is 568. The highest BCUT2D eigenvalue weighted by atomic mass is 16.3. The van der Waals surface area contributed by atoms with E-state index in [1.807, 2.05) is 0 Å². The van der Waals surface area contributed by atoms with Crippen LogP contribution in [-0.2, 0) is 6.54 Å². The van der Waals surface area contributed by atoms with Gasteiger partial charge in [-0.05, 0) is 37.5 Å². The molecule has 21 heavy (non-hydrogen) atoms. The zero-order valence-electron chi connectivity index (χ0n) is 13.0. The van der Waals surface area contributed by atoms with Gasteiger partial charge >= 0.3 is 0 Å². The number of aromatic nitrogens is 3. The van der Waals surface area contributed by atoms with Crippen molar-refractivity contribution < 1.29 is 5.11 Å². The molecule has 114 valence electrons. The molecule has 0 saturated carbocycles. The first-order chi connectivity index (χ1) is 10.1. The van der Waals surface area contributed by atoms with Crippen LogP contribution in [0.25, 0.3) is 5.69 Å². The van der Waals surface area contributed by atoms with Crippen molar-refractivity contribution in [3.05, 3.63) is 42.0 Å². The van der Waals surface area contributed by atoms with E-state index >= 15 is 0 Å². The van der Waals surface area contributed by atoms with Crippen LogP contribution in [0.3, 0.4) is 0 Å². The molecule has 1 aromatic carbocycles. The Morgan fingerprint density at radius 2 is 2.19 bits per heavy atom. The fourth-order valence-corrected chi connectivity index (χ4v) is 2.51. The fraction of sp³-hybridized carbons (Fsp3) is 0.500. The number of nitrogens with one attached hydrogen (secondary N) is 1. The zero-order chi connectivity index (χ0) is 15.3. The maximum Gasteiger partial charge on any atom is 0.138 e. The second-order valence-electron chi connectivity index (χ2n) is 5.78. The van der Waals surface area contributed by atoms with Gasteiger partial charge in [-0.1, -0.05) is 25.5 Å². The van der Waals surface area contributed by atoms with Gasteiger partial charge in [-0.15, -0.1) is 0 Å². The van der Waals surface area contributed by atoms with Gasteiger partial charge in [-0.25, -0.2) is 9.67 Å². The van der Waals surface area contributed by atoms with Crippen molar-refractivity contribution in [2.24, 2.45) is 0 Å². The number of aryl methyl sites for hydroxylation is 1. The molecule has 0 spiro atoms. The first-order valence-corrected chi connectivity index (χ1v) is 7.38. The van der Waals surface area contributed by atoms with Crippen LogP contribution < -0.4 is 5.32 Å². The summed E-state index contributed by atoms with van der Waals surface area (Å²) < 4.78 is 1.77. The Balaban J connectivity index is 2.07. The SMILES string of the molecule is CCC[C@@](C)(CO)NCc1ccc(-n2cncn2)c(C)c1. The fourth-order valence-electron chi connectivity index (χ4n) is 2.51. The average molecular weight is 288 g/mol. The van der Waals surface area contributed by atoms with Crippen molar-refractivity contribution >= 4 is 0 Å². The molecule has 5 heteroatoms. The quantitative estimate of drug-likeness (QED) is 0.820. The van der Waals surface area contributed by atoms with Crippen molar-refractivity contribution in [3.8, 4) is 5.69 Å². The summed E-state index contributed by atoms with van der Waals surface area (Å²) in [6.07, 6.45) is 5.24. The normalized spacial score (nSPS) is 14.1. The molecule has 2 rings (SSSR count). The third kappa shape index (κ3) is 3.89. The summed E-state index contributed by atoms with van der Waals surface area (Å²) in [5.41, 5.74) is 3.18. The molecule has 0 radical (unpaired) electrons. The summed E-state index contributed by atoms with van der Waals surface area (Å²) in [6, 6.07) is 6.28. The minimum absolute atomic E-state index is 0.150. The molecule has 0 aliphatic carbocycles. The van der Waals surface area contributed by atoms with Gasteiger partial charge in [0.25, 0.3) is 0 Å². The van der Waals surface area contributed by atoms with Gasteiger partial charge in [0.1, 0.15) is 12.7 Å². The lowest BCUT2D eigenvalue weighted by atomic mass is 9.96. The first kappa shape index (κ1) is 15.7. The average Bonchev–Trinajstić information content (AvgIpc) is 2.99. The van der Waals surface area contributed by atoms with Crippen molar-refractivity contribution in [2.45, 2.75) is 45.7 Å².